The molecule has 1 aromatic heterocycles. The lowest BCUT2D eigenvalue weighted by Gasteiger charge is -2.34. The Bertz CT molecular complexity index is 990. The number of anilines is 1. The van der Waals surface area contributed by atoms with E-state index in [2.05, 4.69) is 15.2 Å². The fourth-order valence-electron chi connectivity index (χ4n) is 3.30. The predicted molar refractivity (Wildman–Crippen MR) is 126 cm³/mol. The van der Waals surface area contributed by atoms with Crippen molar-refractivity contribution in [1.82, 2.24) is 9.88 Å². The number of amides is 1. The van der Waals surface area contributed by atoms with E-state index >= 15 is 0 Å². The second-order valence-corrected chi connectivity index (χ2v) is 9.32. The van der Waals surface area contributed by atoms with Gasteiger partial charge in [0.1, 0.15) is 17.0 Å². The minimum atomic E-state index is -0.558. The van der Waals surface area contributed by atoms with E-state index < -0.39 is 10.5 Å². The molecular formula is C22H28N4O7S. The van der Waals surface area contributed by atoms with Crippen LogP contribution in [0.1, 0.15) is 33.6 Å². The minimum Gasteiger partial charge on any atom is -0.444 e. The van der Waals surface area contributed by atoms with E-state index in [9.17, 15) is 14.9 Å². The molecule has 34 heavy (non-hydrogen) atoms. The van der Waals surface area contributed by atoms with Crippen LogP contribution in [0.4, 0.5) is 16.2 Å². The van der Waals surface area contributed by atoms with Gasteiger partial charge in [0.25, 0.3) is 0 Å². The summed E-state index contributed by atoms with van der Waals surface area (Å²) in [5.41, 5.74) is -0.499. The summed E-state index contributed by atoms with van der Waals surface area (Å²) in [5, 5.41) is 15.1. The lowest BCUT2D eigenvalue weighted by molar-refractivity contribution is -0.385. The van der Waals surface area contributed by atoms with Crippen LogP contribution in [-0.4, -0.2) is 52.7 Å². The van der Waals surface area contributed by atoms with E-state index in [0.29, 0.717) is 37.4 Å². The highest BCUT2D eigenvalue weighted by atomic mass is 32.2. The molecule has 12 heteroatoms. The van der Waals surface area contributed by atoms with Gasteiger partial charge in [0.15, 0.2) is 0 Å². The second-order valence-electron chi connectivity index (χ2n) is 8.55. The molecule has 1 N–H and O–H groups in total. The van der Waals surface area contributed by atoms with E-state index in [0.717, 1.165) is 16.9 Å². The number of hydrogen-bond donors (Lipinski definition) is 1. The number of likely N-dealkylation sites (tertiary alicyclic amines) is 1. The third-order valence-corrected chi connectivity index (χ3v) is 5.48. The molecule has 1 aliphatic rings. The third-order valence-electron chi connectivity index (χ3n) is 4.82. The molecule has 0 saturated carbocycles. The van der Waals surface area contributed by atoms with Gasteiger partial charge in [0.2, 0.25) is 0 Å². The van der Waals surface area contributed by atoms with Gasteiger partial charge < -0.3 is 19.7 Å². The standard InChI is InChI=1S/C22H28N4O7S/c1-22(2,3)32-21(27)25-13-10-15(11-14-25)24-18-9-12-23-20(19(18)26(28)29)31-16-5-7-17(8-6-16)34-33-30-4/h5-9,12,15H,10-11,13-14H2,1-4H3,(H,23,24). The van der Waals surface area contributed by atoms with Crippen molar-refractivity contribution in [3.05, 3.63) is 46.6 Å². The molecule has 0 spiro atoms. The number of benzene rings is 1. The number of piperidine rings is 1. The van der Waals surface area contributed by atoms with Crippen molar-refractivity contribution in [3.63, 3.8) is 0 Å². The Morgan fingerprint density at radius 1 is 1.21 bits per heavy atom. The SMILES string of the molecule is COOSc1ccc(Oc2nccc(NC3CCN(C(=O)OC(C)(C)C)CC3)c2[N+](=O)[O-])cc1. The van der Waals surface area contributed by atoms with Gasteiger partial charge in [-0.3, -0.25) is 10.1 Å². The Morgan fingerprint density at radius 3 is 2.47 bits per heavy atom. The van der Waals surface area contributed by atoms with Crippen molar-refractivity contribution in [3.8, 4) is 11.6 Å². The van der Waals surface area contributed by atoms with Crippen molar-refractivity contribution < 1.29 is 28.4 Å². The third kappa shape index (κ3) is 7.20. The number of hydrogen-bond acceptors (Lipinski definition) is 10. The first-order chi connectivity index (χ1) is 16.2. The molecule has 1 aromatic carbocycles. The molecule has 2 heterocycles. The quantitative estimate of drug-likeness (QED) is 0.228. The summed E-state index contributed by atoms with van der Waals surface area (Å²) in [6.45, 7) is 6.46. The summed E-state index contributed by atoms with van der Waals surface area (Å²) in [5.74, 6) is 0.273. The number of rotatable bonds is 8. The summed E-state index contributed by atoms with van der Waals surface area (Å²) in [6, 6.07) is 8.26. The minimum absolute atomic E-state index is 0.0512. The number of nitrogens with zero attached hydrogens (tertiary/aromatic N) is 3. The number of ether oxygens (including phenoxy) is 2. The summed E-state index contributed by atoms with van der Waals surface area (Å²) in [7, 11) is 1.40. The van der Waals surface area contributed by atoms with Crippen LogP contribution in [0.2, 0.25) is 0 Å². The molecule has 2 aromatic rings. The Morgan fingerprint density at radius 2 is 1.88 bits per heavy atom. The Labute approximate surface area is 202 Å². The Balaban J connectivity index is 1.66. The number of pyridine rings is 1. The summed E-state index contributed by atoms with van der Waals surface area (Å²) < 4.78 is 15.9. The van der Waals surface area contributed by atoms with Crippen LogP contribution in [0.15, 0.2) is 41.4 Å². The highest BCUT2D eigenvalue weighted by molar-refractivity contribution is 7.94. The van der Waals surface area contributed by atoms with E-state index in [1.54, 1.807) is 35.2 Å². The van der Waals surface area contributed by atoms with Crippen molar-refractivity contribution in [2.45, 2.75) is 50.2 Å². The molecular weight excluding hydrogens is 464 g/mol. The lowest BCUT2D eigenvalue weighted by atomic mass is 10.0. The van der Waals surface area contributed by atoms with Crippen LogP contribution < -0.4 is 10.1 Å². The topological polar surface area (TPSA) is 125 Å². The fraction of sp³-hybridized carbons (Fsp3) is 0.455. The number of nitrogens with one attached hydrogen (secondary N) is 1. The molecule has 1 amide bonds. The zero-order valence-electron chi connectivity index (χ0n) is 19.5. The van der Waals surface area contributed by atoms with Crippen LogP contribution in [-0.2, 0) is 14.0 Å². The highest BCUT2D eigenvalue weighted by Gasteiger charge is 2.29. The molecule has 3 rings (SSSR count). The van der Waals surface area contributed by atoms with Crippen molar-refractivity contribution in [1.29, 1.82) is 0 Å². The van der Waals surface area contributed by atoms with Crippen LogP contribution in [0.5, 0.6) is 11.6 Å². The number of carbonyl (C=O) groups excluding carboxylic acids is 1. The molecule has 11 nitrogen and oxygen atoms in total. The van der Waals surface area contributed by atoms with Gasteiger partial charge in [-0.2, -0.15) is 4.33 Å². The molecule has 0 aliphatic carbocycles. The van der Waals surface area contributed by atoms with Crippen molar-refractivity contribution >= 4 is 29.5 Å². The first kappa shape index (κ1) is 25.5. The van der Waals surface area contributed by atoms with E-state index in [1.165, 1.54) is 13.3 Å². The summed E-state index contributed by atoms with van der Waals surface area (Å²) in [4.78, 5) is 34.6. The van der Waals surface area contributed by atoms with E-state index in [4.69, 9.17) is 13.8 Å². The van der Waals surface area contributed by atoms with Crippen LogP contribution in [0, 0.1) is 10.1 Å². The monoisotopic (exact) mass is 492 g/mol. The molecule has 0 unspecified atom stereocenters. The molecule has 1 saturated heterocycles. The van der Waals surface area contributed by atoms with Crippen LogP contribution in [0.25, 0.3) is 0 Å². The zero-order chi connectivity index (χ0) is 24.7. The number of nitro groups is 1. The zero-order valence-corrected chi connectivity index (χ0v) is 20.3. The van der Waals surface area contributed by atoms with Gasteiger partial charge in [-0.05, 0) is 63.9 Å². The molecule has 184 valence electrons. The maximum Gasteiger partial charge on any atom is 0.410 e. The van der Waals surface area contributed by atoms with Gasteiger partial charge in [0.05, 0.1) is 24.1 Å². The first-order valence-corrected chi connectivity index (χ1v) is 11.4. The van der Waals surface area contributed by atoms with Gasteiger partial charge in [-0.15, -0.1) is 0 Å². The summed E-state index contributed by atoms with van der Waals surface area (Å²) in [6.07, 6.45) is 2.35. The Kier molecular flexibility index (Phi) is 8.53. The molecule has 0 radical (unpaired) electrons. The second kappa shape index (κ2) is 11.4. The van der Waals surface area contributed by atoms with Gasteiger partial charge in [-0.1, -0.05) is 0 Å². The number of aromatic nitrogens is 1. The van der Waals surface area contributed by atoms with E-state index in [-0.39, 0.29) is 23.7 Å². The van der Waals surface area contributed by atoms with Crippen LogP contribution in [0.3, 0.4) is 0 Å². The molecule has 0 bridgehead atoms. The Hall–Kier alpha value is -3.09. The predicted octanol–water partition coefficient (Wildman–Crippen LogP) is 5.18. The average molecular weight is 493 g/mol. The van der Waals surface area contributed by atoms with Gasteiger partial charge >= 0.3 is 17.7 Å². The normalized spacial score (nSPS) is 14.5. The summed E-state index contributed by atoms with van der Waals surface area (Å²) >= 11 is 1.03. The van der Waals surface area contributed by atoms with Crippen LogP contribution >= 0.6 is 12.0 Å². The van der Waals surface area contributed by atoms with Crippen molar-refractivity contribution in [2.75, 3.05) is 25.5 Å². The maximum atomic E-state index is 12.3. The average Bonchev–Trinajstić information content (AvgIpc) is 2.78. The smallest absolute Gasteiger partial charge is 0.410 e. The maximum absolute atomic E-state index is 12.3. The molecule has 0 atom stereocenters. The van der Waals surface area contributed by atoms with Gasteiger partial charge in [0, 0.05) is 30.2 Å². The largest absolute Gasteiger partial charge is 0.444 e. The lowest BCUT2D eigenvalue weighted by Crippen LogP contribution is -2.44. The van der Waals surface area contributed by atoms with E-state index in [1.807, 2.05) is 20.8 Å². The van der Waals surface area contributed by atoms with Crippen molar-refractivity contribution in [2.24, 2.45) is 0 Å². The first-order valence-electron chi connectivity index (χ1n) is 10.7. The van der Waals surface area contributed by atoms with Gasteiger partial charge in [-0.25, -0.2) is 14.7 Å². The molecule has 1 aliphatic heterocycles. The number of carbonyl (C=O) groups is 1. The highest BCUT2D eigenvalue weighted by Crippen LogP contribution is 2.37. The fourth-order valence-corrected chi connectivity index (χ4v) is 3.70. The molecule has 1 fully saturated rings.